The van der Waals surface area contributed by atoms with Crippen LogP contribution in [-0.4, -0.2) is 26.0 Å². The Balaban J connectivity index is 2.16. The Kier molecular flexibility index (Phi) is 5.59. The van der Waals surface area contributed by atoms with Crippen LogP contribution in [0.5, 0.6) is 0 Å². The molecule has 0 radical (unpaired) electrons. The molecule has 1 aromatic carbocycles. The lowest BCUT2D eigenvalue weighted by Crippen LogP contribution is -2.32. The minimum absolute atomic E-state index is 0.0573. The van der Waals surface area contributed by atoms with Crippen molar-refractivity contribution < 1.29 is 17.2 Å². The van der Waals surface area contributed by atoms with Gasteiger partial charge in [-0.1, -0.05) is 6.42 Å². The van der Waals surface area contributed by atoms with Crippen molar-refractivity contribution in [3.63, 3.8) is 0 Å². The number of hydrogen-bond acceptors (Lipinski definition) is 4. The third-order valence-corrected chi connectivity index (χ3v) is 6.18. The van der Waals surface area contributed by atoms with E-state index in [1.165, 1.54) is 0 Å². The van der Waals surface area contributed by atoms with Gasteiger partial charge in [0.15, 0.2) is 11.6 Å². The van der Waals surface area contributed by atoms with Gasteiger partial charge in [-0.15, -0.1) is 0 Å². The highest BCUT2D eigenvalue weighted by molar-refractivity contribution is 8.00. The molecule has 8 heteroatoms. The first kappa shape index (κ1) is 16.7. The van der Waals surface area contributed by atoms with E-state index in [0.717, 1.165) is 37.1 Å². The molecule has 118 valence electrons. The Hall–Kier alpha value is -0.700. The summed E-state index contributed by atoms with van der Waals surface area (Å²) < 4.78 is 53.8. The van der Waals surface area contributed by atoms with Crippen LogP contribution in [0.4, 0.5) is 8.78 Å². The van der Waals surface area contributed by atoms with E-state index in [0.29, 0.717) is 0 Å². The standard InChI is InChI=1S/C13H18F2N2O2S2/c14-11-5-9(7-16)6-12(13(11)15)21(18,19)17-8-10-3-1-2-4-20-10/h5-6,10,17H,1-4,7-8,16H2. The van der Waals surface area contributed by atoms with Crippen LogP contribution in [0.2, 0.25) is 0 Å². The van der Waals surface area contributed by atoms with Crippen LogP contribution in [0.15, 0.2) is 17.0 Å². The maximum Gasteiger partial charge on any atom is 0.243 e. The Morgan fingerprint density at radius 1 is 1.33 bits per heavy atom. The molecule has 0 bridgehead atoms. The molecular weight excluding hydrogens is 318 g/mol. The minimum atomic E-state index is -4.08. The van der Waals surface area contributed by atoms with Crippen molar-refractivity contribution in [2.24, 2.45) is 5.73 Å². The predicted molar refractivity (Wildman–Crippen MR) is 79.5 cm³/mol. The van der Waals surface area contributed by atoms with Crippen molar-refractivity contribution in [1.82, 2.24) is 4.72 Å². The van der Waals surface area contributed by atoms with Gasteiger partial charge >= 0.3 is 0 Å². The molecule has 1 heterocycles. The van der Waals surface area contributed by atoms with Gasteiger partial charge in [0.25, 0.3) is 0 Å². The number of halogens is 2. The molecule has 1 aliphatic rings. The van der Waals surface area contributed by atoms with Gasteiger partial charge in [0.05, 0.1) is 0 Å². The molecular formula is C13H18F2N2O2S2. The molecule has 4 nitrogen and oxygen atoms in total. The maximum absolute atomic E-state index is 13.7. The number of nitrogens with one attached hydrogen (secondary N) is 1. The third-order valence-electron chi connectivity index (χ3n) is 3.35. The molecule has 0 spiro atoms. The number of benzene rings is 1. The Labute approximate surface area is 127 Å². The lowest BCUT2D eigenvalue weighted by atomic mass is 10.2. The third kappa shape index (κ3) is 4.15. The van der Waals surface area contributed by atoms with E-state index in [9.17, 15) is 17.2 Å². The first-order chi connectivity index (χ1) is 9.94. The van der Waals surface area contributed by atoms with Gasteiger partial charge in [0.1, 0.15) is 4.90 Å². The molecule has 2 rings (SSSR count). The van der Waals surface area contributed by atoms with Crippen LogP contribution in [-0.2, 0) is 16.6 Å². The topological polar surface area (TPSA) is 72.2 Å². The van der Waals surface area contributed by atoms with E-state index in [-0.39, 0.29) is 23.9 Å². The highest BCUT2D eigenvalue weighted by Gasteiger charge is 2.24. The van der Waals surface area contributed by atoms with Crippen molar-refractivity contribution in [1.29, 1.82) is 0 Å². The van der Waals surface area contributed by atoms with Crippen LogP contribution in [0.1, 0.15) is 24.8 Å². The molecule has 1 atom stereocenters. The summed E-state index contributed by atoms with van der Waals surface area (Å²) in [5.74, 6) is -1.57. The summed E-state index contributed by atoms with van der Waals surface area (Å²) in [6, 6.07) is 1.99. The number of rotatable bonds is 5. The summed E-state index contributed by atoms with van der Waals surface area (Å²) >= 11 is 1.70. The summed E-state index contributed by atoms with van der Waals surface area (Å²) in [4.78, 5) is -0.677. The molecule has 1 aliphatic heterocycles. The van der Waals surface area contributed by atoms with E-state index in [4.69, 9.17) is 5.73 Å². The average Bonchev–Trinajstić information content (AvgIpc) is 2.48. The van der Waals surface area contributed by atoms with Gasteiger partial charge in [0.2, 0.25) is 10.0 Å². The van der Waals surface area contributed by atoms with Crippen LogP contribution in [0.25, 0.3) is 0 Å². The lowest BCUT2D eigenvalue weighted by Gasteiger charge is -2.21. The molecule has 3 N–H and O–H groups in total. The normalized spacial score (nSPS) is 19.7. The molecule has 1 saturated heterocycles. The molecule has 0 aliphatic carbocycles. The number of nitrogens with two attached hydrogens (primary N) is 1. The summed E-state index contributed by atoms with van der Waals surface area (Å²) in [6.07, 6.45) is 3.12. The van der Waals surface area contributed by atoms with Crippen LogP contribution in [0, 0.1) is 11.6 Å². The molecule has 1 unspecified atom stereocenters. The molecule has 0 aromatic heterocycles. The van der Waals surface area contributed by atoms with Crippen LogP contribution < -0.4 is 10.5 Å². The van der Waals surface area contributed by atoms with Gasteiger partial charge in [-0.05, 0) is 36.3 Å². The van der Waals surface area contributed by atoms with Crippen molar-refractivity contribution in [3.8, 4) is 0 Å². The summed E-state index contributed by atoms with van der Waals surface area (Å²) in [7, 11) is -4.08. The van der Waals surface area contributed by atoms with E-state index in [1.807, 2.05) is 0 Å². The monoisotopic (exact) mass is 336 g/mol. The van der Waals surface area contributed by atoms with Gasteiger partial charge < -0.3 is 5.73 Å². The van der Waals surface area contributed by atoms with Gasteiger partial charge in [-0.2, -0.15) is 11.8 Å². The fourth-order valence-electron chi connectivity index (χ4n) is 2.18. The second-order valence-corrected chi connectivity index (χ2v) is 8.08. The number of hydrogen-bond donors (Lipinski definition) is 2. The van der Waals surface area contributed by atoms with Gasteiger partial charge in [0, 0.05) is 18.3 Å². The van der Waals surface area contributed by atoms with Crippen LogP contribution >= 0.6 is 11.8 Å². The maximum atomic E-state index is 13.7. The Bertz CT molecular complexity index is 602. The van der Waals surface area contributed by atoms with Crippen LogP contribution in [0.3, 0.4) is 0 Å². The first-order valence-electron chi connectivity index (χ1n) is 6.73. The summed E-state index contributed by atoms with van der Waals surface area (Å²) in [6.45, 7) is 0.166. The minimum Gasteiger partial charge on any atom is -0.326 e. The summed E-state index contributed by atoms with van der Waals surface area (Å²) in [5.41, 5.74) is 5.60. The quantitative estimate of drug-likeness (QED) is 0.862. The van der Waals surface area contributed by atoms with E-state index >= 15 is 0 Å². The van der Waals surface area contributed by atoms with Crippen molar-refractivity contribution >= 4 is 21.8 Å². The number of sulfonamides is 1. The molecule has 0 amide bonds. The van der Waals surface area contributed by atoms with Crippen molar-refractivity contribution in [2.75, 3.05) is 12.3 Å². The Morgan fingerprint density at radius 3 is 2.71 bits per heavy atom. The second kappa shape index (κ2) is 7.04. The number of thioether (sulfide) groups is 1. The van der Waals surface area contributed by atoms with E-state index in [2.05, 4.69) is 4.72 Å². The highest BCUT2D eigenvalue weighted by atomic mass is 32.2. The molecule has 0 saturated carbocycles. The zero-order chi connectivity index (χ0) is 15.5. The SMILES string of the molecule is NCc1cc(F)c(F)c(S(=O)(=O)NCC2CCCCS2)c1. The van der Waals surface area contributed by atoms with Gasteiger partial charge in [-0.25, -0.2) is 21.9 Å². The largest absolute Gasteiger partial charge is 0.326 e. The fraction of sp³-hybridized carbons (Fsp3) is 0.538. The first-order valence-corrected chi connectivity index (χ1v) is 9.26. The molecule has 1 fully saturated rings. The highest BCUT2D eigenvalue weighted by Crippen LogP contribution is 2.25. The lowest BCUT2D eigenvalue weighted by molar-refractivity contribution is 0.481. The van der Waals surface area contributed by atoms with Gasteiger partial charge in [-0.3, -0.25) is 0 Å². The predicted octanol–water partition coefficient (Wildman–Crippen LogP) is 1.99. The Morgan fingerprint density at radius 2 is 2.10 bits per heavy atom. The summed E-state index contributed by atoms with van der Waals surface area (Å²) in [5, 5.41) is 0.180. The van der Waals surface area contributed by atoms with Crippen molar-refractivity contribution in [3.05, 3.63) is 29.3 Å². The van der Waals surface area contributed by atoms with E-state index in [1.54, 1.807) is 11.8 Å². The smallest absolute Gasteiger partial charge is 0.243 e. The molecule has 21 heavy (non-hydrogen) atoms. The van der Waals surface area contributed by atoms with Crippen molar-refractivity contribution in [2.45, 2.75) is 36.0 Å². The zero-order valence-corrected chi connectivity index (χ0v) is 13.1. The zero-order valence-electron chi connectivity index (χ0n) is 11.4. The van der Waals surface area contributed by atoms with E-state index < -0.39 is 26.6 Å². The molecule has 1 aromatic rings. The average molecular weight is 336 g/mol. The second-order valence-electron chi connectivity index (χ2n) is 4.93. The fourth-order valence-corrected chi connectivity index (χ4v) is 4.74.